The summed E-state index contributed by atoms with van der Waals surface area (Å²) in [6, 6.07) is 16.4. The number of rotatable bonds is 3. The van der Waals surface area contributed by atoms with E-state index in [0.29, 0.717) is 5.17 Å². The van der Waals surface area contributed by atoms with Gasteiger partial charge in [0.15, 0.2) is 0 Å². The Labute approximate surface area is 127 Å². The highest BCUT2D eigenvalue weighted by Gasteiger charge is 2.29. The van der Waals surface area contributed by atoms with Crippen LogP contribution >= 0.6 is 11.8 Å². The molecule has 0 saturated heterocycles. The van der Waals surface area contributed by atoms with Gasteiger partial charge in [-0.25, -0.2) is 4.39 Å². The van der Waals surface area contributed by atoms with Crippen LogP contribution in [0.3, 0.4) is 0 Å². The zero-order chi connectivity index (χ0) is 14.7. The zero-order valence-electron chi connectivity index (χ0n) is 11.3. The first kappa shape index (κ1) is 13.8. The third-order valence-electron chi connectivity index (χ3n) is 3.24. The summed E-state index contributed by atoms with van der Waals surface area (Å²) in [7, 11) is 0. The molecule has 0 radical (unpaired) electrons. The fraction of sp³-hybridized carbons (Fsp3) is 0.125. The molecule has 0 amide bonds. The van der Waals surface area contributed by atoms with Gasteiger partial charge in [-0.2, -0.15) is 0 Å². The molecule has 3 nitrogen and oxygen atoms in total. The van der Waals surface area contributed by atoms with E-state index < -0.39 is 0 Å². The molecular weight excluding hydrogens is 285 g/mol. The van der Waals surface area contributed by atoms with Crippen LogP contribution < -0.4 is 5.73 Å². The molecular formula is C16H15FN3S+. The van der Waals surface area contributed by atoms with Gasteiger partial charge in [-0.3, -0.25) is 5.73 Å². The van der Waals surface area contributed by atoms with E-state index in [-0.39, 0.29) is 11.1 Å². The number of hydrazone groups is 1. The topological polar surface area (TPSA) is 41.4 Å². The Morgan fingerprint density at radius 2 is 1.86 bits per heavy atom. The first-order valence-electron chi connectivity index (χ1n) is 6.63. The van der Waals surface area contributed by atoms with Crippen LogP contribution in [0.2, 0.25) is 0 Å². The maximum Gasteiger partial charge on any atom is 0.330 e. The summed E-state index contributed by atoms with van der Waals surface area (Å²) in [5.74, 6) is -0.251. The first-order valence-corrected chi connectivity index (χ1v) is 7.51. The van der Waals surface area contributed by atoms with Crippen molar-refractivity contribution in [3.63, 3.8) is 0 Å². The van der Waals surface area contributed by atoms with Gasteiger partial charge in [0, 0.05) is 0 Å². The highest BCUT2D eigenvalue weighted by molar-refractivity contribution is 8.13. The largest absolute Gasteiger partial charge is 0.330 e. The minimum absolute atomic E-state index is 0.251. The fourth-order valence-electron chi connectivity index (χ4n) is 2.12. The lowest BCUT2D eigenvalue weighted by Gasteiger charge is -2.04. The molecule has 1 atom stereocenters. The van der Waals surface area contributed by atoms with E-state index in [0.717, 1.165) is 12.1 Å². The molecule has 106 valence electrons. The van der Waals surface area contributed by atoms with Gasteiger partial charge in [0.1, 0.15) is 12.4 Å². The van der Waals surface area contributed by atoms with E-state index in [2.05, 4.69) is 17.2 Å². The monoisotopic (exact) mass is 300 g/mol. The number of benzene rings is 2. The van der Waals surface area contributed by atoms with Crippen molar-refractivity contribution in [1.29, 1.82) is 0 Å². The molecule has 1 aliphatic rings. The highest BCUT2D eigenvalue weighted by atomic mass is 32.2. The number of hydrogen-bond donors (Lipinski definition) is 1. The Bertz CT molecular complexity index is 680. The molecule has 3 rings (SSSR count). The molecule has 1 heterocycles. The van der Waals surface area contributed by atoms with E-state index in [4.69, 9.17) is 5.73 Å². The molecule has 0 saturated carbocycles. The molecule has 21 heavy (non-hydrogen) atoms. The average molecular weight is 300 g/mol. The maximum atomic E-state index is 12.8. The van der Waals surface area contributed by atoms with Crippen LogP contribution in [0.5, 0.6) is 0 Å². The van der Waals surface area contributed by atoms with Gasteiger partial charge in [-0.05, 0) is 35.0 Å². The second-order valence-electron chi connectivity index (χ2n) is 4.73. The third-order valence-corrected chi connectivity index (χ3v) is 4.40. The van der Waals surface area contributed by atoms with Gasteiger partial charge in [0.25, 0.3) is 0 Å². The molecule has 0 fully saturated rings. The van der Waals surface area contributed by atoms with Crippen molar-refractivity contribution in [2.45, 2.75) is 5.25 Å². The number of nitrogens with two attached hydrogens (primary N) is 1. The fourth-order valence-corrected chi connectivity index (χ4v) is 3.17. The third kappa shape index (κ3) is 3.31. The zero-order valence-corrected chi connectivity index (χ0v) is 12.1. The van der Waals surface area contributed by atoms with E-state index in [1.165, 1.54) is 17.7 Å². The molecule has 2 aromatic carbocycles. The van der Waals surface area contributed by atoms with Crippen LogP contribution in [0, 0.1) is 5.82 Å². The van der Waals surface area contributed by atoms with Crippen molar-refractivity contribution in [3.05, 3.63) is 71.5 Å². The van der Waals surface area contributed by atoms with E-state index in [1.807, 2.05) is 18.2 Å². The van der Waals surface area contributed by atoms with Crippen LogP contribution in [0.15, 0.2) is 59.7 Å². The predicted octanol–water partition coefficient (Wildman–Crippen LogP) is 2.97. The Hall–Kier alpha value is -2.14. The summed E-state index contributed by atoms with van der Waals surface area (Å²) in [5.41, 5.74) is 8.11. The Balaban J connectivity index is 1.71. The quantitative estimate of drug-likeness (QED) is 0.699. The molecule has 0 spiro atoms. The summed E-state index contributed by atoms with van der Waals surface area (Å²) in [6.45, 7) is 0.734. The van der Waals surface area contributed by atoms with Gasteiger partial charge in [-0.1, -0.05) is 47.6 Å². The lowest BCUT2D eigenvalue weighted by molar-refractivity contribution is -0.527. The smallest absolute Gasteiger partial charge is 0.279 e. The van der Waals surface area contributed by atoms with Crippen LogP contribution in [-0.4, -0.2) is 22.6 Å². The van der Waals surface area contributed by atoms with Crippen molar-refractivity contribution >= 4 is 23.1 Å². The van der Waals surface area contributed by atoms with Crippen LogP contribution in [0.4, 0.5) is 4.39 Å². The molecule has 0 aliphatic carbocycles. The van der Waals surface area contributed by atoms with Crippen LogP contribution in [0.25, 0.3) is 0 Å². The second kappa shape index (κ2) is 6.10. The summed E-state index contributed by atoms with van der Waals surface area (Å²) < 4.78 is 14.6. The van der Waals surface area contributed by atoms with Gasteiger partial charge in [0.05, 0.1) is 11.5 Å². The average Bonchev–Trinajstić information content (AvgIpc) is 2.89. The van der Waals surface area contributed by atoms with Gasteiger partial charge >= 0.3 is 5.17 Å². The highest BCUT2D eigenvalue weighted by Crippen LogP contribution is 2.33. The van der Waals surface area contributed by atoms with Crippen molar-refractivity contribution in [2.75, 3.05) is 6.54 Å². The summed E-state index contributed by atoms with van der Waals surface area (Å²) in [6.07, 6.45) is 1.69. The van der Waals surface area contributed by atoms with E-state index in [9.17, 15) is 4.39 Å². The molecule has 2 aromatic rings. The Kier molecular flexibility index (Phi) is 4.01. The SMILES string of the molecule is NC1=[N+](/N=C/c2ccc(F)cc2)C[C@H](c2ccccc2)S1. The Morgan fingerprint density at radius 1 is 1.14 bits per heavy atom. The molecule has 0 aromatic heterocycles. The predicted molar refractivity (Wildman–Crippen MR) is 85.1 cm³/mol. The summed E-state index contributed by atoms with van der Waals surface area (Å²) in [4.78, 5) is 0. The number of nitrogens with zero attached hydrogens (tertiary/aromatic N) is 2. The van der Waals surface area contributed by atoms with Gasteiger partial charge < -0.3 is 0 Å². The lowest BCUT2D eigenvalue weighted by atomic mass is 10.1. The standard InChI is InChI=1S/C16H14FN3S/c17-14-8-6-12(7-9-14)10-19-20-11-15(21-16(20)18)13-4-2-1-3-5-13/h1-10,15,18H,11H2/p+1/b19-10+/t15-/m1/s1. The maximum absolute atomic E-state index is 12.8. The van der Waals surface area contributed by atoms with Gasteiger partial charge in [0.2, 0.25) is 0 Å². The van der Waals surface area contributed by atoms with Crippen molar-refractivity contribution in [3.8, 4) is 0 Å². The number of halogens is 1. The minimum atomic E-state index is -0.251. The summed E-state index contributed by atoms with van der Waals surface area (Å²) >= 11 is 1.61. The molecule has 5 heteroatoms. The van der Waals surface area contributed by atoms with E-state index >= 15 is 0 Å². The number of amidine groups is 1. The second-order valence-corrected chi connectivity index (χ2v) is 5.96. The number of hydrogen-bond acceptors (Lipinski definition) is 3. The van der Waals surface area contributed by atoms with Crippen molar-refractivity contribution in [2.24, 2.45) is 10.8 Å². The normalized spacial score (nSPS) is 18.6. The lowest BCUT2D eigenvalue weighted by Crippen LogP contribution is -2.16. The Morgan fingerprint density at radius 3 is 2.57 bits per heavy atom. The van der Waals surface area contributed by atoms with Gasteiger partial charge in [-0.15, -0.1) is 4.68 Å². The summed E-state index contributed by atoms with van der Waals surface area (Å²) in [5, 5.41) is 5.35. The molecule has 2 N–H and O–H groups in total. The van der Waals surface area contributed by atoms with Crippen molar-refractivity contribution < 1.29 is 9.07 Å². The van der Waals surface area contributed by atoms with Crippen LogP contribution in [-0.2, 0) is 0 Å². The first-order chi connectivity index (χ1) is 10.2. The molecule has 1 aliphatic heterocycles. The number of thioether (sulfide) groups is 1. The van der Waals surface area contributed by atoms with E-state index in [1.54, 1.807) is 34.8 Å². The molecule has 0 bridgehead atoms. The minimum Gasteiger partial charge on any atom is -0.279 e. The molecule has 0 unspecified atom stereocenters. The van der Waals surface area contributed by atoms with Crippen molar-refractivity contribution in [1.82, 2.24) is 0 Å². The van der Waals surface area contributed by atoms with Crippen LogP contribution in [0.1, 0.15) is 16.4 Å².